The van der Waals surface area contributed by atoms with Crippen LogP contribution in [-0.2, 0) is 16.8 Å². The van der Waals surface area contributed by atoms with Gasteiger partial charge in [-0.3, -0.25) is 9.59 Å². The fourth-order valence-electron chi connectivity index (χ4n) is 7.12. The Morgan fingerprint density at radius 1 is 0.792 bits per heavy atom. The molecular formula is C39H40F3N3O3. The van der Waals surface area contributed by atoms with Gasteiger partial charge in [0.05, 0.1) is 0 Å². The van der Waals surface area contributed by atoms with Crippen LogP contribution in [0.4, 0.5) is 13.2 Å². The van der Waals surface area contributed by atoms with Crippen LogP contribution in [0.1, 0.15) is 59.2 Å². The zero-order valence-corrected chi connectivity index (χ0v) is 26.8. The third-order valence-electron chi connectivity index (χ3n) is 9.50. The Balaban J connectivity index is 1.03. The number of unbranched alkanes of at least 4 members (excludes halogenated alkanes) is 1. The molecule has 4 aromatic rings. The highest BCUT2D eigenvalue weighted by molar-refractivity contribution is 6.00. The van der Waals surface area contributed by atoms with Crippen molar-refractivity contribution in [2.75, 3.05) is 26.2 Å². The topological polar surface area (TPSA) is 70.7 Å². The molecule has 1 aliphatic heterocycles. The first kappa shape index (κ1) is 33.3. The molecule has 1 aliphatic carbocycles. The maximum absolute atomic E-state index is 13.7. The molecule has 0 spiro atoms. The Kier molecular flexibility index (Phi) is 10.2. The van der Waals surface area contributed by atoms with E-state index in [1.165, 1.54) is 0 Å². The van der Waals surface area contributed by atoms with Crippen LogP contribution >= 0.6 is 0 Å². The number of alkyl halides is 3. The molecule has 2 amide bonds. The molecule has 2 N–H and O–H groups in total. The molecule has 1 saturated heterocycles. The standard InChI is InChI=1S/C39H40F3N3O3/c40-39(41,42)27-43-37(47)38(34-18-8-6-16-32(34)33-17-7-9-19-35(33)38)22-10-11-23-45-24-20-29(21-25-45)44-36(46)31-15-5-4-12-28(31)26-48-30-13-2-1-3-14-30/h1-9,12-19,29H,10-11,20-27H2,(H,43,47)(H,44,46). The first-order chi connectivity index (χ1) is 23.2. The van der Waals surface area contributed by atoms with E-state index in [1.807, 2.05) is 103 Å². The maximum atomic E-state index is 13.7. The van der Waals surface area contributed by atoms with Crippen LogP contribution in [0, 0.1) is 0 Å². The molecule has 4 aromatic carbocycles. The summed E-state index contributed by atoms with van der Waals surface area (Å²) in [5, 5.41) is 5.42. The lowest BCUT2D eigenvalue weighted by molar-refractivity contribution is -0.141. The van der Waals surface area contributed by atoms with Gasteiger partial charge in [0.2, 0.25) is 5.91 Å². The van der Waals surface area contributed by atoms with E-state index in [4.69, 9.17) is 4.74 Å². The Morgan fingerprint density at radius 2 is 1.40 bits per heavy atom. The van der Waals surface area contributed by atoms with E-state index in [0.717, 1.165) is 72.5 Å². The summed E-state index contributed by atoms with van der Waals surface area (Å²) in [5.41, 5.74) is 3.56. The number of rotatable bonds is 12. The molecule has 1 heterocycles. The summed E-state index contributed by atoms with van der Waals surface area (Å²) in [6, 6.07) is 32.2. The summed E-state index contributed by atoms with van der Waals surface area (Å²) in [6.45, 7) is 1.40. The summed E-state index contributed by atoms with van der Waals surface area (Å²) in [7, 11) is 0. The number of para-hydroxylation sites is 1. The fourth-order valence-corrected chi connectivity index (χ4v) is 7.12. The molecule has 1 fully saturated rings. The van der Waals surface area contributed by atoms with E-state index in [0.29, 0.717) is 25.0 Å². The van der Waals surface area contributed by atoms with Gasteiger partial charge in [-0.15, -0.1) is 0 Å². The molecule has 9 heteroatoms. The largest absolute Gasteiger partial charge is 0.489 e. The average Bonchev–Trinajstić information content (AvgIpc) is 3.39. The number of benzene rings is 4. The van der Waals surface area contributed by atoms with Crippen molar-refractivity contribution in [1.29, 1.82) is 0 Å². The third kappa shape index (κ3) is 7.41. The number of hydrogen-bond acceptors (Lipinski definition) is 4. The first-order valence-electron chi connectivity index (χ1n) is 16.6. The first-order valence-corrected chi connectivity index (χ1v) is 16.6. The maximum Gasteiger partial charge on any atom is 0.405 e. The molecule has 0 saturated carbocycles. The highest BCUT2D eigenvalue weighted by atomic mass is 19.4. The minimum absolute atomic E-state index is 0.0592. The monoisotopic (exact) mass is 655 g/mol. The number of piperidine rings is 1. The van der Waals surface area contributed by atoms with Crippen LogP contribution in [0.25, 0.3) is 11.1 Å². The van der Waals surface area contributed by atoms with E-state index in [2.05, 4.69) is 15.5 Å². The predicted octanol–water partition coefficient (Wildman–Crippen LogP) is 7.28. The van der Waals surface area contributed by atoms with Gasteiger partial charge in [-0.2, -0.15) is 13.2 Å². The number of carbonyl (C=O) groups excluding carboxylic acids is 2. The fraction of sp³-hybridized carbons (Fsp3) is 0.333. The van der Waals surface area contributed by atoms with E-state index >= 15 is 0 Å². The normalized spacial score (nSPS) is 15.7. The third-order valence-corrected chi connectivity index (χ3v) is 9.50. The molecule has 0 radical (unpaired) electrons. The lowest BCUT2D eigenvalue weighted by Crippen LogP contribution is -2.47. The van der Waals surface area contributed by atoms with Gasteiger partial charge in [-0.25, -0.2) is 0 Å². The number of amides is 2. The van der Waals surface area contributed by atoms with Crippen molar-refractivity contribution in [1.82, 2.24) is 15.5 Å². The van der Waals surface area contributed by atoms with Crippen LogP contribution in [0.15, 0.2) is 103 Å². The van der Waals surface area contributed by atoms with Gasteiger partial charge >= 0.3 is 6.18 Å². The van der Waals surface area contributed by atoms with Gasteiger partial charge < -0.3 is 20.3 Å². The zero-order chi connectivity index (χ0) is 33.6. The van der Waals surface area contributed by atoms with Crippen LogP contribution in [0.5, 0.6) is 5.75 Å². The highest BCUT2D eigenvalue weighted by Gasteiger charge is 2.49. The van der Waals surface area contributed by atoms with E-state index in [9.17, 15) is 22.8 Å². The number of halogens is 3. The summed E-state index contributed by atoms with van der Waals surface area (Å²) < 4.78 is 45.4. The number of hydrogen-bond donors (Lipinski definition) is 2. The summed E-state index contributed by atoms with van der Waals surface area (Å²) in [5.74, 6) is 0.0340. The Hall–Kier alpha value is -4.63. The second kappa shape index (κ2) is 14.6. The molecule has 6 nitrogen and oxygen atoms in total. The molecule has 250 valence electrons. The molecule has 2 aliphatic rings. The minimum atomic E-state index is -4.50. The molecule has 48 heavy (non-hydrogen) atoms. The molecule has 0 bridgehead atoms. The smallest absolute Gasteiger partial charge is 0.405 e. The van der Waals surface area contributed by atoms with Crippen molar-refractivity contribution in [3.05, 3.63) is 125 Å². The van der Waals surface area contributed by atoms with Crippen LogP contribution < -0.4 is 15.4 Å². The molecule has 6 rings (SSSR count). The Morgan fingerprint density at radius 3 is 2.06 bits per heavy atom. The zero-order valence-electron chi connectivity index (χ0n) is 26.8. The summed E-state index contributed by atoms with van der Waals surface area (Å²) in [4.78, 5) is 29.3. The van der Waals surface area contributed by atoms with Gasteiger partial charge in [-0.1, -0.05) is 91.3 Å². The highest BCUT2D eigenvalue weighted by Crippen LogP contribution is 2.51. The van der Waals surface area contributed by atoms with Crippen LogP contribution in [-0.4, -0.2) is 55.1 Å². The Labute approximate surface area is 279 Å². The van der Waals surface area contributed by atoms with Crippen molar-refractivity contribution in [3.8, 4) is 16.9 Å². The SMILES string of the molecule is O=C(NC1CCN(CCCCC2(C(=O)NCC(F)(F)F)c3ccccc3-c3ccccc32)CC1)c1ccccc1COc1ccccc1. The predicted molar refractivity (Wildman–Crippen MR) is 180 cm³/mol. The van der Waals surface area contributed by atoms with Crippen LogP contribution in [0.2, 0.25) is 0 Å². The second-order valence-electron chi connectivity index (χ2n) is 12.6. The number of fused-ring (bicyclic) bond motifs is 3. The lowest BCUT2D eigenvalue weighted by Gasteiger charge is -2.33. The quantitative estimate of drug-likeness (QED) is 0.158. The lowest BCUT2D eigenvalue weighted by atomic mass is 9.73. The van der Waals surface area contributed by atoms with E-state index in [-0.39, 0.29) is 11.9 Å². The van der Waals surface area contributed by atoms with Crippen molar-refractivity contribution in [3.63, 3.8) is 0 Å². The number of carbonyl (C=O) groups is 2. The van der Waals surface area contributed by atoms with Crippen molar-refractivity contribution in [2.45, 2.75) is 56.3 Å². The average molecular weight is 656 g/mol. The molecule has 0 unspecified atom stereocenters. The molecular weight excluding hydrogens is 615 g/mol. The minimum Gasteiger partial charge on any atom is -0.489 e. The van der Waals surface area contributed by atoms with Crippen molar-refractivity contribution in [2.24, 2.45) is 0 Å². The van der Waals surface area contributed by atoms with Gasteiger partial charge in [0.1, 0.15) is 24.3 Å². The van der Waals surface area contributed by atoms with E-state index < -0.39 is 24.0 Å². The molecule has 0 aromatic heterocycles. The second-order valence-corrected chi connectivity index (χ2v) is 12.6. The van der Waals surface area contributed by atoms with Gasteiger partial charge in [0.15, 0.2) is 0 Å². The number of nitrogens with one attached hydrogen (secondary N) is 2. The number of likely N-dealkylation sites (tertiary alicyclic amines) is 1. The Bertz CT molecular complexity index is 1670. The summed E-state index contributed by atoms with van der Waals surface area (Å²) in [6.07, 6.45) is -0.992. The summed E-state index contributed by atoms with van der Waals surface area (Å²) >= 11 is 0. The van der Waals surface area contributed by atoms with Crippen LogP contribution in [0.3, 0.4) is 0 Å². The van der Waals surface area contributed by atoms with Gasteiger partial charge in [0, 0.05) is 30.3 Å². The molecule has 0 atom stereocenters. The number of ether oxygens (including phenoxy) is 1. The van der Waals surface area contributed by atoms with Gasteiger partial charge in [-0.05, 0) is 72.7 Å². The number of nitrogens with zero attached hydrogens (tertiary/aromatic N) is 1. The van der Waals surface area contributed by atoms with Crippen molar-refractivity contribution < 1.29 is 27.5 Å². The van der Waals surface area contributed by atoms with E-state index in [1.54, 1.807) is 0 Å². The van der Waals surface area contributed by atoms with Crippen molar-refractivity contribution >= 4 is 11.8 Å². The van der Waals surface area contributed by atoms with Gasteiger partial charge in [0.25, 0.3) is 5.91 Å².